The Morgan fingerprint density at radius 3 is 2.21 bits per heavy atom. The second-order valence-corrected chi connectivity index (χ2v) is 8.07. The molecule has 1 aromatic carbocycles. The fraction of sp³-hybridized carbons (Fsp3) is 0.562. The van der Waals surface area contributed by atoms with E-state index in [-0.39, 0.29) is 11.2 Å². The molecule has 1 aliphatic carbocycles. The van der Waals surface area contributed by atoms with Crippen molar-refractivity contribution in [2.24, 2.45) is 10.8 Å². The molecule has 0 amide bonds. The Morgan fingerprint density at radius 1 is 1.11 bits per heavy atom. The van der Waals surface area contributed by atoms with Gasteiger partial charge in [-0.1, -0.05) is 57.7 Å². The maximum atomic E-state index is 15.4. The van der Waals surface area contributed by atoms with Gasteiger partial charge in [0.1, 0.15) is 0 Å². The first kappa shape index (κ1) is 14.6. The van der Waals surface area contributed by atoms with Crippen LogP contribution in [-0.2, 0) is 4.79 Å². The molecular weight excluding hydrogens is 259 g/mol. The molecular formula is C16H21FOS. The van der Waals surface area contributed by atoms with E-state index in [0.717, 1.165) is 16.7 Å². The largest absolute Gasteiger partial charge is 0.295 e. The zero-order valence-corrected chi connectivity index (χ0v) is 12.8. The van der Waals surface area contributed by atoms with Crippen molar-refractivity contribution in [2.75, 3.05) is 0 Å². The highest BCUT2D eigenvalue weighted by molar-refractivity contribution is 8.01. The number of halogens is 1. The summed E-state index contributed by atoms with van der Waals surface area (Å²) >= 11 is 1.07. The van der Waals surface area contributed by atoms with Crippen molar-refractivity contribution in [3.8, 4) is 0 Å². The third-order valence-corrected chi connectivity index (χ3v) is 5.36. The van der Waals surface area contributed by atoms with Gasteiger partial charge in [0.05, 0.1) is 0 Å². The van der Waals surface area contributed by atoms with Crippen molar-refractivity contribution in [3.63, 3.8) is 0 Å². The van der Waals surface area contributed by atoms with Gasteiger partial charge in [0.25, 0.3) is 0 Å². The highest BCUT2D eigenvalue weighted by Gasteiger charge is 2.58. The highest BCUT2D eigenvalue weighted by Crippen LogP contribution is 2.57. The monoisotopic (exact) mass is 280 g/mol. The summed E-state index contributed by atoms with van der Waals surface area (Å²) in [7, 11) is 0. The van der Waals surface area contributed by atoms with Crippen LogP contribution in [0.4, 0.5) is 4.39 Å². The number of thioether (sulfide) groups is 1. The Kier molecular flexibility index (Phi) is 3.54. The number of carbonyl (C=O) groups is 1. The molecule has 1 saturated carbocycles. The Morgan fingerprint density at radius 2 is 1.68 bits per heavy atom. The minimum Gasteiger partial charge on any atom is -0.295 e. The summed E-state index contributed by atoms with van der Waals surface area (Å²) in [6.07, 6.45) is 1.02. The Bertz CT molecular complexity index is 481. The summed E-state index contributed by atoms with van der Waals surface area (Å²) in [4.78, 5) is 13.2. The first-order valence-electron chi connectivity index (χ1n) is 6.63. The molecule has 1 nitrogen and oxygen atoms in total. The lowest BCUT2D eigenvalue weighted by Crippen LogP contribution is -2.52. The van der Waals surface area contributed by atoms with Gasteiger partial charge in [-0.25, -0.2) is 4.39 Å². The van der Waals surface area contributed by atoms with Crippen LogP contribution in [-0.4, -0.2) is 10.8 Å². The van der Waals surface area contributed by atoms with E-state index >= 15 is 4.39 Å². The second kappa shape index (κ2) is 4.62. The van der Waals surface area contributed by atoms with Crippen LogP contribution in [0, 0.1) is 10.8 Å². The van der Waals surface area contributed by atoms with E-state index in [2.05, 4.69) is 0 Å². The van der Waals surface area contributed by atoms with Crippen LogP contribution in [0.1, 0.15) is 40.5 Å². The van der Waals surface area contributed by atoms with E-state index in [9.17, 15) is 4.79 Å². The molecule has 1 unspecified atom stereocenters. The first-order chi connectivity index (χ1) is 8.66. The molecule has 1 aliphatic rings. The minimum atomic E-state index is -1.83. The summed E-state index contributed by atoms with van der Waals surface area (Å²) in [6.45, 7) is 7.81. The Balaban J connectivity index is 2.33. The van der Waals surface area contributed by atoms with Crippen LogP contribution in [0.2, 0.25) is 0 Å². The summed E-state index contributed by atoms with van der Waals surface area (Å²) in [5.41, 5.74) is -0.778. The van der Waals surface area contributed by atoms with Crippen LogP contribution in [0.25, 0.3) is 0 Å². The number of rotatable bonds is 2. The van der Waals surface area contributed by atoms with Gasteiger partial charge in [-0.05, 0) is 24.0 Å². The molecule has 0 saturated heterocycles. The van der Waals surface area contributed by atoms with E-state index < -0.39 is 10.4 Å². The summed E-state index contributed by atoms with van der Waals surface area (Å²) < 4.78 is 15.4. The van der Waals surface area contributed by atoms with Gasteiger partial charge in [0, 0.05) is 16.7 Å². The van der Waals surface area contributed by atoms with Gasteiger partial charge in [-0.2, -0.15) is 0 Å². The normalized spacial score (nSPS) is 29.2. The predicted octanol–water partition coefficient (Wildman–Crippen LogP) is 4.86. The van der Waals surface area contributed by atoms with Crippen LogP contribution in [0.15, 0.2) is 35.2 Å². The molecule has 3 heteroatoms. The average molecular weight is 280 g/mol. The lowest BCUT2D eigenvalue weighted by molar-refractivity contribution is -0.139. The van der Waals surface area contributed by atoms with E-state index in [1.807, 2.05) is 58.0 Å². The number of hydrogen-bond donors (Lipinski definition) is 0. The van der Waals surface area contributed by atoms with Crippen molar-refractivity contribution in [2.45, 2.75) is 50.4 Å². The van der Waals surface area contributed by atoms with Crippen molar-refractivity contribution in [1.82, 2.24) is 0 Å². The molecule has 0 N–H and O–H groups in total. The van der Waals surface area contributed by atoms with Gasteiger partial charge in [-0.3, -0.25) is 4.79 Å². The van der Waals surface area contributed by atoms with Crippen LogP contribution < -0.4 is 0 Å². The topological polar surface area (TPSA) is 17.1 Å². The number of Topliss-reactive ketones (excluding diaryl/α,β-unsaturated/α-hetero) is 1. The molecule has 0 aromatic heterocycles. The second-order valence-electron chi connectivity index (χ2n) is 6.84. The average Bonchev–Trinajstić information content (AvgIpc) is 2.26. The van der Waals surface area contributed by atoms with E-state index in [1.54, 1.807) is 0 Å². The molecule has 104 valence electrons. The number of hydrogen-bond acceptors (Lipinski definition) is 2. The quantitative estimate of drug-likeness (QED) is 0.769. The third-order valence-electron chi connectivity index (χ3n) is 3.79. The number of benzene rings is 1. The third kappa shape index (κ3) is 2.71. The van der Waals surface area contributed by atoms with Crippen LogP contribution >= 0.6 is 11.8 Å². The van der Waals surface area contributed by atoms with Crippen LogP contribution in [0.5, 0.6) is 0 Å². The van der Waals surface area contributed by atoms with E-state index in [0.29, 0.717) is 12.8 Å². The van der Waals surface area contributed by atoms with Crippen molar-refractivity contribution in [3.05, 3.63) is 30.3 Å². The summed E-state index contributed by atoms with van der Waals surface area (Å²) in [6, 6.07) is 9.35. The molecule has 0 spiro atoms. The molecule has 0 radical (unpaired) electrons. The fourth-order valence-electron chi connectivity index (χ4n) is 3.14. The lowest BCUT2D eigenvalue weighted by atomic mass is 9.63. The smallest absolute Gasteiger partial charge is 0.223 e. The minimum absolute atomic E-state index is 0.118. The number of carbonyl (C=O) groups excluding carboxylic acids is 1. The molecule has 2 rings (SSSR count). The molecule has 1 fully saturated rings. The lowest BCUT2D eigenvalue weighted by Gasteiger charge is -2.48. The molecule has 1 atom stereocenters. The Labute approximate surface area is 119 Å². The molecule has 0 bridgehead atoms. The predicted molar refractivity (Wildman–Crippen MR) is 77.9 cm³/mol. The molecule has 19 heavy (non-hydrogen) atoms. The van der Waals surface area contributed by atoms with Gasteiger partial charge >= 0.3 is 0 Å². The van der Waals surface area contributed by atoms with Crippen molar-refractivity contribution in [1.29, 1.82) is 0 Å². The standard InChI is InChI=1S/C16H21FOS/c1-14(2)10-13(18)16(17,15(3,4)11-14)19-12-8-6-5-7-9-12/h5-9H,10-11H2,1-4H3. The molecule has 1 aromatic rings. The number of ketones is 1. The van der Waals surface area contributed by atoms with Gasteiger partial charge in [-0.15, -0.1) is 0 Å². The molecule has 0 aliphatic heterocycles. The summed E-state index contributed by atoms with van der Waals surface area (Å²) in [5, 5.41) is -1.83. The van der Waals surface area contributed by atoms with Crippen LogP contribution in [0.3, 0.4) is 0 Å². The van der Waals surface area contributed by atoms with Crippen molar-refractivity contribution < 1.29 is 9.18 Å². The van der Waals surface area contributed by atoms with Gasteiger partial charge < -0.3 is 0 Å². The zero-order valence-electron chi connectivity index (χ0n) is 12.0. The van der Waals surface area contributed by atoms with E-state index in [4.69, 9.17) is 0 Å². The molecule has 0 heterocycles. The fourth-order valence-corrected chi connectivity index (χ4v) is 4.30. The maximum absolute atomic E-state index is 15.4. The number of alkyl halides is 1. The zero-order chi connectivity index (χ0) is 14.3. The van der Waals surface area contributed by atoms with Gasteiger partial charge in [0.2, 0.25) is 5.00 Å². The first-order valence-corrected chi connectivity index (χ1v) is 7.44. The van der Waals surface area contributed by atoms with Gasteiger partial charge in [0.15, 0.2) is 5.78 Å². The SMILES string of the molecule is CC1(C)CC(=O)C(F)(Sc2ccccc2)C(C)(C)C1. The van der Waals surface area contributed by atoms with E-state index in [1.165, 1.54) is 0 Å². The summed E-state index contributed by atoms with van der Waals surface area (Å²) in [5.74, 6) is -0.275. The maximum Gasteiger partial charge on any atom is 0.223 e. The highest BCUT2D eigenvalue weighted by atomic mass is 32.2. The van der Waals surface area contributed by atoms with Crippen molar-refractivity contribution >= 4 is 17.5 Å². The Hall–Kier alpha value is -0.830.